The molecule has 0 aliphatic carbocycles. The van der Waals surface area contributed by atoms with Gasteiger partial charge in [0.05, 0.1) is 11.8 Å². The fourth-order valence-electron chi connectivity index (χ4n) is 1.51. The maximum Gasteiger partial charge on any atom is 0.416 e. The minimum atomic E-state index is -4.32. The summed E-state index contributed by atoms with van der Waals surface area (Å²) in [5, 5.41) is 3.93. The van der Waals surface area contributed by atoms with Gasteiger partial charge in [-0.25, -0.2) is 0 Å². The predicted molar refractivity (Wildman–Crippen MR) is 58.1 cm³/mol. The van der Waals surface area contributed by atoms with Gasteiger partial charge in [0.1, 0.15) is 5.82 Å². The number of hydrogen-bond acceptors (Lipinski definition) is 2. The Morgan fingerprint density at radius 3 is 2.18 bits per heavy atom. The molecule has 17 heavy (non-hydrogen) atoms. The molecule has 0 saturated carbocycles. The van der Waals surface area contributed by atoms with Crippen LogP contribution in [0.1, 0.15) is 5.56 Å². The first-order valence-corrected chi connectivity index (χ1v) is 4.84. The van der Waals surface area contributed by atoms with Crippen LogP contribution in [-0.2, 0) is 13.2 Å². The van der Waals surface area contributed by atoms with Crippen LogP contribution in [0.25, 0.3) is 11.1 Å². The summed E-state index contributed by atoms with van der Waals surface area (Å²) >= 11 is 0. The molecule has 2 rings (SSSR count). The van der Waals surface area contributed by atoms with Gasteiger partial charge in [-0.2, -0.15) is 18.3 Å². The summed E-state index contributed by atoms with van der Waals surface area (Å²) in [7, 11) is 1.67. The normalized spacial score (nSPS) is 11.8. The molecular weight excluding hydrogens is 231 g/mol. The van der Waals surface area contributed by atoms with Gasteiger partial charge in [-0.3, -0.25) is 4.68 Å². The number of halogens is 3. The number of benzene rings is 1. The van der Waals surface area contributed by atoms with Gasteiger partial charge >= 0.3 is 6.18 Å². The van der Waals surface area contributed by atoms with E-state index in [9.17, 15) is 13.2 Å². The fourth-order valence-corrected chi connectivity index (χ4v) is 1.51. The molecule has 0 fully saturated rings. The molecule has 0 atom stereocenters. The lowest BCUT2D eigenvalue weighted by atomic mass is 10.1. The monoisotopic (exact) mass is 241 g/mol. The van der Waals surface area contributed by atoms with Crippen molar-refractivity contribution < 1.29 is 13.2 Å². The second-order valence-electron chi connectivity index (χ2n) is 3.64. The number of rotatable bonds is 1. The third-order valence-electron chi connectivity index (χ3n) is 2.51. The molecule has 0 amide bonds. The maximum absolute atomic E-state index is 12.4. The van der Waals surface area contributed by atoms with Crippen molar-refractivity contribution in [3.63, 3.8) is 0 Å². The second-order valence-corrected chi connectivity index (χ2v) is 3.64. The maximum atomic E-state index is 12.4. The van der Waals surface area contributed by atoms with E-state index in [0.29, 0.717) is 16.9 Å². The van der Waals surface area contributed by atoms with E-state index in [4.69, 9.17) is 5.73 Å². The smallest absolute Gasteiger partial charge is 0.383 e. The van der Waals surface area contributed by atoms with E-state index in [1.165, 1.54) is 23.0 Å². The van der Waals surface area contributed by atoms with Crippen LogP contribution in [0.15, 0.2) is 30.5 Å². The Hall–Kier alpha value is -1.98. The second kappa shape index (κ2) is 3.80. The van der Waals surface area contributed by atoms with Crippen LogP contribution in [0, 0.1) is 0 Å². The van der Waals surface area contributed by atoms with Crippen LogP contribution in [0.3, 0.4) is 0 Å². The van der Waals surface area contributed by atoms with E-state index < -0.39 is 11.7 Å². The molecule has 2 N–H and O–H groups in total. The number of nitrogens with zero attached hydrogens (tertiary/aromatic N) is 2. The topological polar surface area (TPSA) is 43.8 Å². The van der Waals surface area contributed by atoms with Gasteiger partial charge < -0.3 is 5.73 Å². The van der Waals surface area contributed by atoms with Gasteiger partial charge in [0.15, 0.2) is 0 Å². The molecule has 0 bridgehead atoms. The van der Waals surface area contributed by atoms with Crippen molar-refractivity contribution in [2.45, 2.75) is 6.18 Å². The minimum Gasteiger partial charge on any atom is -0.383 e. The van der Waals surface area contributed by atoms with E-state index in [2.05, 4.69) is 5.10 Å². The highest BCUT2D eigenvalue weighted by Crippen LogP contribution is 2.32. The van der Waals surface area contributed by atoms with Crippen LogP contribution in [-0.4, -0.2) is 9.78 Å². The zero-order valence-electron chi connectivity index (χ0n) is 8.99. The van der Waals surface area contributed by atoms with Crippen LogP contribution in [0.5, 0.6) is 0 Å². The Balaban J connectivity index is 2.40. The summed E-state index contributed by atoms with van der Waals surface area (Å²) in [6, 6.07) is 4.83. The molecule has 0 saturated heterocycles. The SMILES string of the molecule is Cn1ncc(-c2ccc(C(F)(F)F)cc2)c1N. The highest BCUT2D eigenvalue weighted by molar-refractivity contribution is 5.73. The van der Waals surface area contributed by atoms with E-state index in [0.717, 1.165) is 12.1 Å². The molecule has 1 aromatic carbocycles. The lowest BCUT2D eigenvalue weighted by molar-refractivity contribution is -0.137. The lowest BCUT2D eigenvalue weighted by Gasteiger charge is -2.07. The van der Waals surface area contributed by atoms with Crippen molar-refractivity contribution in [2.24, 2.45) is 7.05 Å². The molecule has 90 valence electrons. The summed E-state index contributed by atoms with van der Waals surface area (Å²) in [6.07, 6.45) is -2.79. The average Bonchev–Trinajstić information content (AvgIpc) is 2.59. The molecule has 0 spiro atoms. The summed E-state index contributed by atoms with van der Waals surface area (Å²) in [6.45, 7) is 0. The molecule has 6 heteroatoms. The van der Waals surface area contributed by atoms with Gasteiger partial charge in [-0.1, -0.05) is 12.1 Å². The number of hydrogen-bond donors (Lipinski definition) is 1. The van der Waals surface area contributed by atoms with Gasteiger partial charge in [0, 0.05) is 12.6 Å². The molecular formula is C11H10F3N3. The summed E-state index contributed by atoms with van der Waals surface area (Å²) < 4.78 is 38.6. The van der Waals surface area contributed by atoms with E-state index in [1.807, 2.05) is 0 Å². The van der Waals surface area contributed by atoms with Crippen molar-refractivity contribution in [1.29, 1.82) is 0 Å². The van der Waals surface area contributed by atoms with Crippen molar-refractivity contribution >= 4 is 5.82 Å². The van der Waals surface area contributed by atoms with Gasteiger partial charge in [0.25, 0.3) is 0 Å². The Kier molecular flexibility index (Phi) is 2.57. The van der Waals surface area contributed by atoms with E-state index >= 15 is 0 Å². The van der Waals surface area contributed by atoms with Gasteiger partial charge in [0.2, 0.25) is 0 Å². The molecule has 0 aliphatic rings. The first-order valence-electron chi connectivity index (χ1n) is 4.84. The largest absolute Gasteiger partial charge is 0.416 e. The third kappa shape index (κ3) is 2.11. The predicted octanol–water partition coefficient (Wildman–Crippen LogP) is 2.69. The molecule has 0 radical (unpaired) electrons. The highest BCUT2D eigenvalue weighted by atomic mass is 19.4. The highest BCUT2D eigenvalue weighted by Gasteiger charge is 2.30. The third-order valence-corrected chi connectivity index (χ3v) is 2.51. The van der Waals surface area contributed by atoms with E-state index in [-0.39, 0.29) is 0 Å². The molecule has 0 unspecified atom stereocenters. The van der Waals surface area contributed by atoms with Crippen molar-refractivity contribution in [3.8, 4) is 11.1 Å². The van der Waals surface area contributed by atoms with E-state index in [1.54, 1.807) is 7.05 Å². The van der Waals surface area contributed by atoms with Gasteiger partial charge in [-0.05, 0) is 17.7 Å². The van der Waals surface area contributed by atoms with Crippen LogP contribution >= 0.6 is 0 Å². The van der Waals surface area contributed by atoms with Crippen molar-refractivity contribution in [3.05, 3.63) is 36.0 Å². The summed E-state index contributed by atoms with van der Waals surface area (Å²) in [5.41, 5.74) is 6.30. The van der Waals surface area contributed by atoms with Gasteiger partial charge in [-0.15, -0.1) is 0 Å². The minimum absolute atomic E-state index is 0.421. The molecule has 1 aromatic heterocycles. The zero-order chi connectivity index (χ0) is 12.6. The summed E-state index contributed by atoms with van der Waals surface area (Å²) in [5.74, 6) is 0.421. The van der Waals surface area contributed by atoms with Crippen LogP contribution in [0.4, 0.5) is 19.0 Å². The zero-order valence-corrected chi connectivity index (χ0v) is 8.99. The Bertz CT molecular complexity index is 526. The number of aryl methyl sites for hydroxylation is 1. The first-order chi connectivity index (χ1) is 7.89. The number of nitrogen functional groups attached to an aromatic ring is 1. The number of nitrogens with two attached hydrogens (primary N) is 1. The lowest BCUT2D eigenvalue weighted by Crippen LogP contribution is -2.04. The van der Waals surface area contributed by atoms with Crippen molar-refractivity contribution in [2.75, 3.05) is 5.73 Å². The standard InChI is InChI=1S/C11H10F3N3/c1-17-10(15)9(6-16-17)7-2-4-8(5-3-7)11(12,13)14/h2-6H,15H2,1H3. The number of aromatic nitrogens is 2. The number of anilines is 1. The Morgan fingerprint density at radius 2 is 1.76 bits per heavy atom. The molecule has 3 nitrogen and oxygen atoms in total. The first kappa shape index (κ1) is 11.5. The quantitative estimate of drug-likeness (QED) is 0.834. The average molecular weight is 241 g/mol. The van der Waals surface area contributed by atoms with Crippen LogP contribution in [0.2, 0.25) is 0 Å². The Morgan fingerprint density at radius 1 is 1.18 bits per heavy atom. The molecule has 1 heterocycles. The molecule has 0 aliphatic heterocycles. The fraction of sp³-hybridized carbons (Fsp3) is 0.182. The Labute approximate surface area is 95.7 Å². The van der Waals surface area contributed by atoms with Crippen molar-refractivity contribution in [1.82, 2.24) is 9.78 Å². The van der Waals surface area contributed by atoms with Crippen LogP contribution < -0.4 is 5.73 Å². The number of alkyl halides is 3. The molecule has 2 aromatic rings. The summed E-state index contributed by atoms with van der Waals surface area (Å²) in [4.78, 5) is 0.